The minimum atomic E-state index is 0.222. The van der Waals surface area contributed by atoms with Gasteiger partial charge in [0.1, 0.15) is 0 Å². The van der Waals surface area contributed by atoms with E-state index in [1.165, 1.54) is 5.56 Å². The van der Waals surface area contributed by atoms with Gasteiger partial charge in [0.2, 0.25) is 0 Å². The standard InChI is InChI=1S/C11H13S/c1-11(2,3)10-6-4-9(8-12)5-7-10/h4-7H,1-3H3. The zero-order chi connectivity index (χ0) is 9.19. The fourth-order valence-corrected chi connectivity index (χ4v) is 1.17. The second kappa shape index (κ2) is 3.36. The molecule has 0 aliphatic carbocycles. The van der Waals surface area contributed by atoms with E-state index < -0.39 is 0 Å². The van der Waals surface area contributed by atoms with Gasteiger partial charge in [-0.1, -0.05) is 57.3 Å². The molecule has 1 aromatic rings. The van der Waals surface area contributed by atoms with E-state index in [2.05, 4.69) is 38.3 Å². The lowest BCUT2D eigenvalue weighted by molar-refractivity contribution is 0.590. The maximum Gasteiger partial charge on any atom is 0.0636 e. The molecule has 1 radical (unpaired) electrons. The third kappa shape index (κ3) is 2.15. The molecule has 0 unspecified atom stereocenters. The quantitative estimate of drug-likeness (QED) is 0.594. The van der Waals surface area contributed by atoms with E-state index in [0.29, 0.717) is 0 Å². The monoisotopic (exact) mass is 177 g/mol. The molecule has 0 spiro atoms. The van der Waals surface area contributed by atoms with Gasteiger partial charge in [0.05, 0.1) is 5.37 Å². The highest BCUT2D eigenvalue weighted by Gasteiger charge is 2.12. The van der Waals surface area contributed by atoms with Crippen LogP contribution in [0, 0.1) is 0 Å². The van der Waals surface area contributed by atoms with Gasteiger partial charge >= 0.3 is 0 Å². The van der Waals surface area contributed by atoms with Crippen molar-refractivity contribution in [1.29, 1.82) is 0 Å². The topological polar surface area (TPSA) is 0 Å². The molecular weight excluding hydrogens is 164 g/mol. The summed E-state index contributed by atoms with van der Waals surface area (Å²) >= 11 is 4.71. The molecule has 0 N–H and O–H groups in total. The molecule has 12 heavy (non-hydrogen) atoms. The molecule has 1 aromatic carbocycles. The highest BCUT2D eigenvalue weighted by atomic mass is 32.1. The van der Waals surface area contributed by atoms with Crippen LogP contribution in [0.2, 0.25) is 0 Å². The number of hydrogen-bond donors (Lipinski definition) is 0. The van der Waals surface area contributed by atoms with Gasteiger partial charge in [-0.2, -0.15) is 0 Å². The first kappa shape index (κ1) is 9.40. The van der Waals surface area contributed by atoms with Gasteiger partial charge in [-0.3, -0.25) is 0 Å². The van der Waals surface area contributed by atoms with Crippen molar-refractivity contribution in [1.82, 2.24) is 0 Å². The molecule has 0 amide bonds. The first-order chi connectivity index (χ1) is 5.54. The molecule has 0 saturated carbocycles. The SMILES string of the molecule is CC(C)(C)c1ccc([C]=S)cc1. The molecule has 0 aliphatic rings. The maximum atomic E-state index is 4.71. The lowest BCUT2D eigenvalue weighted by Crippen LogP contribution is -2.10. The smallest absolute Gasteiger partial charge is 0.0636 e. The fourth-order valence-electron chi connectivity index (χ4n) is 1.04. The molecule has 0 heterocycles. The number of hydrogen-bond acceptors (Lipinski definition) is 1. The normalized spacial score (nSPS) is 11.2. The molecule has 0 fully saturated rings. The van der Waals surface area contributed by atoms with Crippen LogP contribution in [-0.2, 0) is 5.41 Å². The fraction of sp³-hybridized carbons (Fsp3) is 0.364. The van der Waals surface area contributed by atoms with Crippen molar-refractivity contribution in [3.05, 3.63) is 35.4 Å². The largest absolute Gasteiger partial charge is 0.0778 e. The molecular formula is C11H13S. The third-order valence-corrected chi connectivity index (χ3v) is 2.10. The van der Waals surface area contributed by atoms with Crippen molar-refractivity contribution >= 4 is 17.6 Å². The summed E-state index contributed by atoms with van der Waals surface area (Å²) in [6.45, 7) is 6.59. The van der Waals surface area contributed by atoms with Crippen LogP contribution in [-0.4, -0.2) is 5.37 Å². The molecule has 0 saturated heterocycles. The Morgan fingerprint density at radius 2 is 1.58 bits per heavy atom. The Hall–Kier alpha value is -0.690. The third-order valence-electron chi connectivity index (χ3n) is 1.87. The molecule has 0 aromatic heterocycles. The zero-order valence-corrected chi connectivity index (χ0v) is 8.53. The molecule has 0 atom stereocenters. The van der Waals surface area contributed by atoms with E-state index in [4.69, 9.17) is 12.2 Å². The Morgan fingerprint density at radius 3 is 1.92 bits per heavy atom. The number of thiocarbonyl (C=S) groups is 1. The van der Waals surface area contributed by atoms with Gasteiger partial charge in [-0.05, 0) is 16.5 Å². The van der Waals surface area contributed by atoms with Crippen LogP contribution >= 0.6 is 12.2 Å². The Balaban J connectivity index is 3.00. The van der Waals surface area contributed by atoms with Crippen LogP contribution in [0.3, 0.4) is 0 Å². The van der Waals surface area contributed by atoms with Crippen LogP contribution < -0.4 is 0 Å². The Bertz CT molecular complexity index is 264. The van der Waals surface area contributed by atoms with Crippen LogP contribution in [0.25, 0.3) is 0 Å². The summed E-state index contributed by atoms with van der Waals surface area (Å²) in [4.78, 5) is 0. The predicted octanol–water partition coefficient (Wildman–Crippen LogP) is 3.21. The predicted molar refractivity (Wildman–Crippen MR) is 56.8 cm³/mol. The van der Waals surface area contributed by atoms with Gasteiger partial charge in [0, 0.05) is 0 Å². The summed E-state index contributed by atoms with van der Waals surface area (Å²) in [5.74, 6) is 0. The van der Waals surface area contributed by atoms with E-state index in [0.717, 1.165) is 5.56 Å². The van der Waals surface area contributed by atoms with E-state index in [1.54, 1.807) is 0 Å². The van der Waals surface area contributed by atoms with Gasteiger partial charge in [0.15, 0.2) is 0 Å². The summed E-state index contributed by atoms with van der Waals surface area (Å²) in [6.07, 6.45) is 0. The Labute approximate surface area is 79.6 Å². The molecule has 0 aliphatic heterocycles. The van der Waals surface area contributed by atoms with Gasteiger partial charge in [-0.25, -0.2) is 0 Å². The van der Waals surface area contributed by atoms with Crippen molar-refractivity contribution < 1.29 is 0 Å². The average Bonchev–Trinajstić information content (AvgIpc) is 2.03. The second-order valence-corrected chi connectivity index (χ2v) is 4.13. The van der Waals surface area contributed by atoms with Crippen molar-refractivity contribution in [2.45, 2.75) is 26.2 Å². The zero-order valence-electron chi connectivity index (χ0n) is 7.72. The van der Waals surface area contributed by atoms with Gasteiger partial charge < -0.3 is 0 Å². The van der Waals surface area contributed by atoms with E-state index in [1.807, 2.05) is 12.1 Å². The molecule has 1 rings (SSSR count). The van der Waals surface area contributed by atoms with Crippen molar-refractivity contribution in [2.75, 3.05) is 0 Å². The minimum Gasteiger partial charge on any atom is -0.0778 e. The van der Waals surface area contributed by atoms with Crippen LogP contribution in [0.5, 0.6) is 0 Å². The summed E-state index contributed by atoms with van der Waals surface area (Å²) in [5.41, 5.74) is 2.54. The average molecular weight is 177 g/mol. The van der Waals surface area contributed by atoms with Crippen LogP contribution in [0.15, 0.2) is 24.3 Å². The number of rotatable bonds is 1. The van der Waals surface area contributed by atoms with Gasteiger partial charge in [0.25, 0.3) is 0 Å². The lowest BCUT2D eigenvalue weighted by Gasteiger charge is -2.18. The second-order valence-electron chi connectivity index (χ2n) is 3.93. The van der Waals surface area contributed by atoms with Crippen molar-refractivity contribution in [3.63, 3.8) is 0 Å². The molecule has 0 bridgehead atoms. The highest BCUT2D eigenvalue weighted by Crippen LogP contribution is 2.21. The molecule has 1 heteroatoms. The highest BCUT2D eigenvalue weighted by molar-refractivity contribution is 7.79. The van der Waals surface area contributed by atoms with Crippen LogP contribution in [0.4, 0.5) is 0 Å². The summed E-state index contributed by atoms with van der Waals surface area (Å²) in [7, 11) is 0. The number of benzene rings is 1. The van der Waals surface area contributed by atoms with Gasteiger partial charge in [-0.15, -0.1) is 0 Å². The molecule has 63 valence electrons. The Kier molecular flexibility index (Phi) is 2.63. The maximum absolute atomic E-state index is 4.71. The molecule has 0 nitrogen and oxygen atoms in total. The van der Waals surface area contributed by atoms with E-state index >= 15 is 0 Å². The summed E-state index contributed by atoms with van der Waals surface area (Å²) in [5, 5.41) is 2.69. The van der Waals surface area contributed by atoms with Crippen molar-refractivity contribution in [2.24, 2.45) is 0 Å². The van der Waals surface area contributed by atoms with Crippen LogP contribution in [0.1, 0.15) is 31.9 Å². The first-order valence-electron chi connectivity index (χ1n) is 4.03. The first-order valence-corrected chi connectivity index (χ1v) is 4.43. The van der Waals surface area contributed by atoms with Crippen molar-refractivity contribution in [3.8, 4) is 0 Å². The van der Waals surface area contributed by atoms with E-state index in [-0.39, 0.29) is 5.41 Å². The van der Waals surface area contributed by atoms with E-state index in [9.17, 15) is 0 Å². The summed E-state index contributed by atoms with van der Waals surface area (Å²) < 4.78 is 0. The Morgan fingerprint density at radius 1 is 1.08 bits per heavy atom. The summed E-state index contributed by atoms with van der Waals surface area (Å²) in [6, 6.07) is 8.23. The minimum absolute atomic E-state index is 0.222. The lowest BCUT2D eigenvalue weighted by atomic mass is 9.87.